The molecule has 0 amide bonds. The van der Waals surface area contributed by atoms with Crippen LogP contribution in [0.25, 0.3) is 87.3 Å². The Morgan fingerprint density at radius 3 is 1.81 bits per heavy atom. The highest BCUT2D eigenvalue weighted by molar-refractivity contribution is 6.20. The third kappa shape index (κ3) is 4.96. The number of hydrogen-bond acceptors (Lipinski definition) is 2. The quantitative estimate of drug-likeness (QED) is 0.168. The summed E-state index contributed by atoms with van der Waals surface area (Å²) in [6.45, 7) is 0. The number of benzene rings is 10. The first-order valence-corrected chi connectivity index (χ1v) is 18.5. The number of hydrogen-bond donors (Lipinski definition) is 0. The summed E-state index contributed by atoms with van der Waals surface area (Å²) in [5, 5.41) is 12.2. The fourth-order valence-corrected chi connectivity index (χ4v) is 8.38. The van der Waals surface area contributed by atoms with Crippen LogP contribution in [0, 0.1) is 0 Å². The van der Waals surface area contributed by atoms with Crippen LogP contribution >= 0.6 is 0 Å². The first kappa shape index (κ1) is 30.5. The third-order valence-corrected chi connectivity index (χ3v) is 11.0. The van der Waals surface area contributed by atoms with E-state index in [4.69, 9.17) is 4.42 Å². The van der Waals surface area contributed by atoms with Gasteiger partial charge in [-0.3, -0.25) is 0 Å². The Hall–Kier alpha value is -7.16. The van der Waals surface area contributed by atoms with Gasteiger partial charge in [-0.1, -0.05) is 146 Å². The largest absolute Gasteiger partial charge is 0.456 e. The van der Waals surface area contributed by atoms with Gasteiger partial charge in [0.25, 0.3) is 0 Å². The maximum atomic E-state index is 6.30. The van der Waals surface area contributed by atoms with E-state index < -0.39 is 0 Å². The number of rotatable bonds is 5. The van der Waals surface area contributed by atoms with Crippen molar-refractivity contribution >= 4 is 82.1 Å². The minimum atomic E-state index is 0.902. The van der Waals surface area contributed by atoms with Crippen molar-refractivity contribution in [2.75, 3.05) is 4.90 Å². The summed E-state index contributed by atoms with van der Waals surface area (Å²) in [7, 11) is 0. The molecule has 0 aliphatic heterocycles. The van der Waals surface area contributed by atoms with Crippen LogP contribution in [0.15, 0.2) is 205 Å². The van der Waals surface area contributed by atoms with Crippen molar-refractivity contribution < 1.29 is 4.42 Å². The standard InChI is InChI=1S/C52H33NO/c1-2-10-34(11-3-1)38-13-8-15-43(31-38)53(49-18-9-14-40-32-51-48(33-47(40)49)46-17-6-7-19-50(46)54-51)42-27-24-35(25-28-42)39-26-29-45-41(30-39)23-22-37-21-20-36-12-4-5-16-44(36)52(37)45/h1-33H. The second-order valence-electron chi connectivity index (χ2n) is 14.1. The summed E-state index contributed by atoms with van der Waals surface area (Å²) in [6.07, 6.45) is 0. The Labute approximate surface area is 312 Å². The number of para-hydroxylation sites is 1. The molecule has 0 aliphatic carbocycles. The molecule has 0 saturated carbocycles. The van der Waals surface area contributed by atoms with Gasteiger partial charge in [-0.25, -0.2) is 0 Å². The van der Waals surface area contributed by atoms with Crippen molar-refractivity contribution in [1.29, 1.82) is 0 Å². The lowest BCUT2D eigenvalue weighted by Gasteiger charge is -2.27. The van der Waals surface area contributed by atoms with Crippen molar-refractivity contribution in [3.8, 4) is 22.3 Å². The highest BCUT2D eigenvalue weighted by atomic mass is 16.3. The molecule has 0 aliphatic rings. The summed E-state index contributed by atoms with van der Waals surface area (Å²) in [6, 6.07) is 72.4. The highest BCUT2D eigenvalue weighted by Crippen LogP contribution is 2.43. The Kier molecular flexibility index (Phi) is 6.90. The molecule has 252 valence electrons. The predicted octanol–water partition coefficient (Wildman–Crippen LogP) is 15.0. The summed E-state index contributed by atoms with van der Waals surface area (Å²) >= 11 is 0. The molecule has 0 spiro atoms. The van der Waals surface area contributed by atoms with Gasteiger partial charge >= 0.3 is 0 Å². The molecule has 0 atom stereocenters. The van der Waals surface area contributed by atoms with Gasteiger partial charge < -0.3 is 9.32 Å². The van der Waals surface area contributed by atoms with E-state index in [9.17, 15) is 0 Å². The average molecular weight is 688 g/mol. The van der Waals surface area contributed by atoms with Crippen molar-refractivity contribution in [3.63, 3.8) is 0 Å². The molecular weight excluding hydrogens is 655 g/mol. The molecule has 54 heavy (non-hydrogen) atoms. The number of nitrogens with zero attached hydrogens (tertiary/aromatic N) is 1. The normalized spacial score (nSPS) is 11.7. The minimum Gasteiger partial charge on any atom is -0.456 e. The fraction of sp³-hybridized carbons (Fsp3) is 0. The minimum absolute atomic E-state index is 0.902. The molecule has 1 aromatic heterocycles. The molecule has 11 aromatic rings. The molecule has 11 rings (SSSR count). The SMILES string of the molecule is c1ccc(-c2cccc(N(c3ccc(-c4ccc5c(ccc6ccc7ccccc7c65)c4)cc3)c3cccc4cc5oc6ccccc6c5cc34)c2)cc1. The molecule has 0 saturated heterocycles. The number of fused-ring (bicyclic) bond motifs is 9. The first-order valence-electron chi connectivity index (χ1n) is 18.5. The van der Waals surface area contributed by atoms with Crippen LogP contribution in [0.1, 0.15) is 0 Å². The molecule has 0 bridgehead atoms. The molecule has 0 N–H and O–H groups in total. The zero-order valence-corrected chi connectivity index (χ0v) is 29.4. The molecule has 0 fully saturated rings. The van der Waals surface area contributed by atoms with Crippen LogP contribution in [0.5, 0.6) is 0 Å². The van der Waals surface area contributed by atoms with Gasteiger partial charge in [0, 0.05) is 27.5 Å². The summed E-state index contributed by atoms with van der Waals surface area (Å²) in [4.78, 5) is 2.39. The van der Waals surface area contributed by atoms with Gasteiger partial charge in [0.1, 0.15) is 11.2 Å². The summed E-state index contributed by atoms with van der Waals surface area (Å²) in [5.41, 5.74) is 9.85. The Bertz CT molecular complexity index is 3210. The van der Waals surface area contributed by atoms with Crippen LogP contribution in [0.4, 0.5) is 17.1 Å². The Morgan fingerprint density at radius 2 is 0.926 bits per heavy atom. The number of anilines is 3. The second kappa shape index (κ2) is 12.2. The van der Waals surface area contributed by atoms with E-state index in [2.05, 4.69) is 193 Å². The van der Waals surface area contributed by atoms with Crippen LogP contribution in [-0.2, 0) is 0 Å². The van der Waals surface area contributed by atoms with E-state index in [-0.39, 0.29) is 0 Å². The molecule has 2 heteroatoms. The van der Waals surface area contributed by atoms with Gasteiger partial charge in [-0.15, -0.1) is 0 Å². The van der Waals surface area contributed by atoms with E-state index >= 15 is 0 Å². The smallest absolute Gasteiger partial charge is 0.136 e. The molecule has 10 aromatic carbocycles. The highest BCUT2D eigenvalue weighted by Gasteiger charge is 2.18. The van der Waals surface area contributed by atoms with E-state index in [0.29, 0.717) is 0 Å². The lowest BCUT2D eigenvalue weighted by Crippen LogP contribution is -2.10. The van der Waals surface area contributed by atoms with E-state index in [1.54, 1.807) is 0 Å². The molecule has 2 nitrogen and oxygen atoms in total. The molecule has 0 radical (unpaired) electrons. The molecule has 1 heterocycles. The average Bonchev–Trinajstić information content (AvgIpc) is 3.60. The molecular formula is C52H33NO. The van der Waals surface area contributed by atoms with Gasteiger partial charge in [-0.2, -0.15) is 0 Å². The van der Waals surface area contributed by atoms with Gasteiger partial charge in [0.15, 0.2) is 0 Å². The van der Waals surface area contributed by atoms with E-state index in [1.807, 2.05) is 12.1 Å². The van der Waals surface area contributed by atoms with Crippen molar-refractivity contribution in [2.45, 2.75) is 0 Å². The fourth-order valence-electron chi connectivity index (χ4n) is 8.38. The Balaban J connectivity index is 1.06. The van der Waals surface area contributed by atoms with Crippen LogP contribution in [0.2, 0.25) is 0 Å². The zero-order valence-electron chi connectivity index (χ0n) is 29.4. The predicted molar refractivity (Wildman–Crippen MR) is 229 cm³/mol. The summed E-state index contributed by atoms with van der Waals surface area (Å²) < 4.78 is 6.30. The maximum absolute atomic E-state index is 6.30. The topological polar surface area (TPSA) is 16.4 Å². The lowest BCUT2D eigenvalue weighted by atomic mass is 9.94. The lowest BCUT2D eigenvalue weighted by molar-refractivity contribution is 0.669. The zero-order chi connectivity index (χ0) is 35.6. The summed E-state index contributed by atoms with van der Waals surface area (Å²) in [5.74, 6) is 0. The number of furan rings is 1. The van der Waals surface area contributed by atoms with Gasteiger partial charge in [-0.05, 0) is 115 Å². The van der Waals surface area contributed by atoms with Crippen LogP contribution < -0.4 is 4.90 Å². The third-order valence-electron chi connectivity index (χ3n) is 11.0. The van der Waals surface area contributed by atoms with E-state index in [1.165, 1.54) is 60.0 Å². The first-order chi connectivity index (χ1) is 26.7. The van der Waals surface area contributed by atoms with Crippen molar-refractivity contribution in [2.24, 2.45) is 0 Å². The van der Waals surface area contributed by atoms with Gasteiger partial charge in [0.05, 0.1) is 5.69 Å². The monoisotopic (exact) mass is 687 g/mol. The maximum Gasteiger partial charge on any atom is 0.136 e. The molecule has 0 unspecified atom stereocenters. The second-order valence-corrected chi connectivity index (χ2v) is 14.1. The van der Waals surface area contributed by atoms with Crippen molar-refractivity contribution in [3.05, 3.63) is 200 Å². The van der Waals surface area contributed by atoms with Crippen LogP contribution in [-0.4, -0.2) is 0 Å². The van der Waals surface area contributed by atoms with Crippen molar-refractivity contribution in [1.82, 2.24) is 0 Å². The Morgan fingerprint density at radius 1 is 0.296 bits per heavy atom. The van der Waals surface area contributed by atoms with E-state index in [0.717, 1.165) is 44.4 Å². The van der Waals surface area contributed by atoms with Gasteiger partial charge in [0.2, 0.25) is 0 Å². The van der Waals surface area contributed by atoms with Crippen LogP contribution in [0.3, 0.4) is 0 Å².